The van der Waals surface area contributed by atoms with Crippen molar-refractivity contribution in [3.05, 3.63) is 35.9 Å². The maximum atomic E-state index is 13.3. The van der Waals surface area contributed by atoms with E-state index in [1.54, 1.807) is 0 Å². The summed E-state index contributed by atoms with van der Waals surface area (Å²) in [7, 11) is 0. The van der Waals surface area contributed by atoms with E-state index in [0.717, 1.165) is 81.4 Å². The molecule has 0 bridgehead atoms. The lowest BCUT2D eigenvalue weighted by Crippen LogP contribution is -2.48. The molecule has 2 amide bonds. The van der Waals surface area contributed by atoms with Crippen LogP contribution in [0.5, 0.6) is 0 Å². The van der Waals surface area contributed by atoms with Gasteiger partial charge in [-0.3, -0.25) is 9.59 Å². The third-order valence-corrected chi connectivity index (χ3v) is 7.45. The molecular weight excluding hydrogens is 400 g/mol. The molecule has 32 heavy (non-hydrogen) atoms. The predicted molar refractivity (Wildman–Crippen MR) is 127 cm³/mol. The average Bonchev–Trinajstić information content (AvgIpc) is 3.39. The third-order valence-electron chi connectivity index (χ3n) is 7.45. The first-order valence-electron chi connectivity index (χ1n) is 12.4. The van der Waals surface area contributed by atoms with Gasteiger partial charge in [0.25, 0.3) is 5.91 Å². The van der Waals surface area contributed by atoms with Crippen molar-refractivity contribution in [2.24, 2.45) is 5.92 Å². The highest BCUT2D eigenvalue weighted by molar-refractivity contribution is 6.02. The van der Waals surface area contributed by atoms with Gasteiger partial charge in [0, 0.05) is 43.5 Å². The van der Waals surface area contributed by atoms with Crippen molar-refractivity contribution in [1.29, 1.82) is 0 Å². The van der Waals surface area contributed by atoms with Gasteiger partial charge in [0.2, 0.25) is 5.91 Å². The first kappa shape index (κ1) is 21.2. The van der Waals surface area contributed by atoms with E-state index in [1.165, 1.54) is 19.3 Å². The van der Waals surface area contributed by atoms with E-state index < -0.39 is 0 Å². The molecule has 5 rings (SSSR count). The molecule has 2 saturated heterocycles. The molecule has 1 aromatic carbocycles. The van der Waals surface area contributed by atoms with Crippen LogP contribution >= 0.6 is 0 Å². The second-order valence-corrected chi connectivity index (χ2v) is 9.65. The summed E-state index contributed by atoms with van der Waals surface area (Å²) in [6.07, 6.45) is 9.65. The Labute approximate surface area is 190 Å². The van der Waals surface area contributed by atoms with Crippen molar-refractivity contribution >= 4 is 28.5 Å². The van der Waals surface area contributed by atoms with Crippen LogP contribution in [0.25, 0.3) is 10.9 Å². The number of para-hydroxylation sites is 1. The van der Waals surface area contributed by atoms with Gasteiger partial charge in [0.05, 0.1) is 11.1 Å². The fraction of sp³-hybridized carbons (Fsp3) is 0.577. The lowest BCUT2D eigenvalue weighted by molar-refractivity contribution is -0.137. The number of nitrogens with zero attached hydrogens (tertiary/aromatic N) is 3. The van der Waals surface area contributed by atoms with E-state index in [9.17, 15) is 9.59 Å². The van der Waals surface area contributed by atoms with Crippen LogP contribution in [0.2, 0.25) is 0 Å². The summed E-state index contributed by atoms with van der Waals surface area (Å²) >= 11 is 0. The smallest absolute Gasteiger partial charge is 0.255 e. The minimum Gasteiger partial charge on any atom is -0.356 e. The van der Waals surface area contributed by atoms with Crippen LogP contribution in [0.1, 0.15) is 68.1 Å². The van der Waals surface area contributed by atoms with Gasteiger partial charge in [-0.1, -0.05) is 37.5 Å². The van der Waals surface area contributed by atoms with Crippen molar-refractivity contribution < 1.29 is 9.59 Å². The van der Waals surface area contributed by atoms with E-state index in [-0.39, 0.29) is 17.9 Å². The maximum absolute atomic E-state index is 13.3. The van der Waals surface area contributed by atoms with E-state index in [0.29, 0.717) is 11.5 Å². The molecule has 2 aliphatic heterocycles. The Hall–Kier alpha value is -2.63. The summed E-state index contributed by atoms with van der Waals surface area (Å²) in [6.45, 7) is 3.39. The van der Waals surface area contributed by atoms with E-state index in [1.807, 2.05) is 35.2 Å². The van der Waals surface area contributed by atoms with Crippen molar-refractivity contribution in [3.63, 3.8) is 0 Å². The number of anilines is 1. The Morgan fingerprint density at radius 1 is 0.875 bits per heavy atom. The van der Waals surface area contributed by atoms with Gasteiger partial charge in [-0.05, 0) is 50.7 Å². The summed E-state index contributed by atoms with van der Waals surface area (Å²) in [4.78, 5) is 35.3. The molecule has 3 heterocycles. The number of benzene rings is 1. The zero-order chi connectivity index (χ0) is 21.9. The molecule has 3 aliphatic rings. The Morgan fingerprint density at radius 3 is 2.34 bits per heavy atom. The molecular formula is C26H34N4O2. The zero-order valence-electron chi connectivity index (χ0n) is 18.9. The fourth-order valence-corrected chi connectivity index (χ4v) is 5.56. The number of nitrogens with one attached hydrogen (secondary N) is 1. The minimum atomic E-state index is -0.0396. The number of hydrogen-bond donors (Lipinski definition) is 1. The van der Waals surface area contributed by atoms with Crippen molar-refractivity contribution in [2.45, 2.75) is 63.8 Å². The quantitative estimate of drug-likeness (QED) is 0.786. The van der Waals surface area contributed by atoms with Crippen LogP contribution in [0.4, 0.5) is 5.82 Å². The van der Waals surface area contributed by atoms with Crippen LogP contribution in [0.15, 0.2) is 30.3 Å². The number of aromatic nitrogens is 1. The van der Waals surface area contributed by atoms with Crippen LogP contribution in [-0.2, 0) is 4.79 Å². The number of carbonyl (C=O) groups excluding carboxylic acids is 2. The Balaban J connectivity index is 1.26. The Bertz CT molecular complexity index is 971. The van der Waals surface area contributed by atoms with E-state index in [2.05, 4.69) is 10.2 Å². The molecule has 6 heteroatoms. The van der Waals surface area contributed by atoms with E-state index in [4.69, 9.17) is 4.98 Å². The van der Waals surface area contributed by atoms with Gasteiger partial charge in [-0.2, -0.15) is 0 Å². The Morgan fingerprint density at radius 2 is 1.59 bits per heavy atom. The third kappa shape index (κ3) is 4.45. The SMILES string of the molecule is O=C(NC1CCN(C(=O)C2CCCCC2)CC1)c1cc2ccccc2nc1N1CCCC1. The number of pyridine rings is 1. The lowest BCUT2D eigenvalue weighted by Gasteiger charge is -2.35. The summed E-state index contributed by atoms with van der Waals surface area (Å²) in [5, 5.41) is 4.25. The molecule has 6 nitrogen and oxygen atoms in total. The van der Waals surface area contributed by atoms with Gasteiger partial charge in [-0.25, -0.2) is 4.98 Å². The molecule has 1 N–H and O–H groups in total. The first-order valence-corrected chi connectivity index (χ1v) is 12.4. The number of amides is 2. The molecule has 170 valence electrons. The van der Waals surface area contributed by atoms with Crippen molar-refractivity contribution in [3.8, 4) is 0 Å². The second kappa shape index (κ2) is 9.47. The number of carbonyl (C=O) groups is 2. The highest BCUT2D eigenvalue weighted by atomic mass is 16.2. The molecule has 1 saturated carbocycles. The van der Waals surface area contributed by atoms with Gasteiger partial charge in [0.1, 0.15) is 5.82 Å². The number of likely N-dealkylation sites (tertiary alicyclic amines) is 1. The van der Waals surface area contributed by atoms with Crippen LogP contribution in [0, 0.1) is 5.92 Å². The topological polar surface area (TPSA) is 65.5 Å². The van der Waals surface area contributed by atoms with Gasteiger partial charge in [0.15, 0.2) is 0 Å². The number of rotatable bonds is 4. The van der Waals surface area contributed by atoms with Crippen LogP contribution in [-0.4, -0.2) is 53.9 Å². The predicted octanol–water partition coefficient (Wildman–Crippen LogP) is 4.14. The molecule has 1 aliphatic carbocycles. The fourth-order valence-electron chi connectivity index (χ4n) is 5.56. The molecule has 1 aromatic heterocycles. The van der Waals surface area contributed by atoms with Crippen molar-refractivity contribution in [2.75, 3.05) is 31.1 Å². The highest BCUT2D eigenvalue weighted by Gasteiger charge is 2.30. The van der Waals surface area contributed by atoms with Gasteiger partial charge < -0.3 is 15.1 Å². The van der Waals surface area contributed by atoms with Gasteiger partial charge >= 0.3 is 0 Å². The summed E-state index contributed by atoms with van der Waals surface area (Å²) < 4.78 is 0. The molecule has 0 atom stereocenters. The van der Waals surface area contributed by atoms with Gasteiger partial charge in [-0.15, -0.1) is 0 Å². The lowest BCUT2D eigenvalue weighted by atomic mass is 9.87. The summed E-state index contributed by atoms with van der Waals surface area (Å²) in [5.41, 5.74) is 1.60. The largest absolute Gasteiger partial charge is 0.356 e. The maximum Gasteiger partial charge on any atom is 0.255 e. The number of hydrogen-bond acceptors (Lipinski definition) is 4. The first-order chi connectivity index (χ1) is 15.7. The zero-order valence-corrected chi connectivity index (χ0v) is 18.9. The number of fused-ring (bicyclic) bond motifs is 1. The van der Waals surface area contributed by atoms with Crippen LogP contribution < -0.4 is 10.2 Å². The Kier molecular flexibility index (Phi) is 6.28. The van der Waals surface area contributed by atoms with Crippen molar-refractivity contribution in [1.82, 2.24) is 15.2 Å². The highest BCUT2D eigenvalue weighted by Crippen LogP contribution is 2.28. The standard InChI is InChI=1S/C26H34N4O2/c31-25(27-21-12-16-30(17-13-21)26(32)19-8-2-1-3-9-19)22-18-20-10-4-5-11-23(20)28-24(22)29-14-6-7-15-29/h4-5,10-11,18-19,21H,1-3,6-9,12-17H2,(H,27,31). The molecule has 0 spiro atoms. The molecule has 0 radical (unpaired) electrons. The molecule has 3 fully saturated rings. The molecule has 2 aromatic rings. The number of piperidine rings is 1. The van der Waals surface area contributed by atoms with E-state index >= 15 is 0 Å². The summed E-state index contributed by atoms with van der Waals surface area (Å²) in [5.74, 6) is 1.33. The average molecular weight is 435 g/mol. The normalized spacial score (nSPS) is 20.6. The summed E-state index contributed by atoms with van der Waals surface area (Å²) in [6, 6.07) is 10.1. The minimum absolute atomic E-state index is 0.0396. The second-order valence-electron chi connectivity index (χ2n) is 9.65. The molecule has 0 unspecified atom stereocenters. The monoisotopic (exact) mass is 434 g/mol. The van der Waals surface area contributed by atoms with Crippen LogP contribution in [0.3, 0.4) is 0 Å².